The van der Waals surface area contributed by atoms with Crippen LogP contribution in [0.15, 0.2) is 12.4 Å². The summed E-state index contributed by atoms with van der Waals surface area (Å²) in [5.74, 6) is -0.230. The lowest BCUT2D eigenvalue weighted by Gasteiger charge is -2.27. The van der Waals surface area contributed by atoms with Gasteiger partial charge in [-0.05, 0) is 0 Å². The molecule has 0 saturated carbocycles. The highest BCUT2D eigenvalue weighted by molar-refractivity contribution is 6.29. The van der Waals surface area contributed by atoms with Crippen molar-refractivity contribution in [2.24, 2.45) is 0 Å². The SMILES string of the molecule is Cl.O=C(NC1CNC1)c1cncc(Cl)n1. The lowest BCUT2D eigenvalue weighted by molar-refractivity contribution is 0.0918. The minimum Gasteiger partial charge on any atom is -0.345 e. The maximum atomic E-state index is 11.5. The zero-order valence-electron chi connectivity index (χ0n) is 7.74. The van der Waals surface area contributed by atoms with Gasteiger partial charge in [-0.1, -0.05) is 11.6 Å². The van der Waals surface area contributed by atoms with Crippen LogP contribution in [0.5, 0.6) is 0 Å². The number of hydrogen-bond acceptors (Lipinski definition) is 4. The second-order valence-electron chi connectivity index (χ2n) is 3.06. The molecule has 0 radical (unpaired) electrons. The molecule has 5 nitrogen and oxygen atoms in total. The number of carbonyl (C=O) groups excluding carboxylic acids is 1. The zero-order chi connectivity index (χ0) is 9.97. The Balaban J connectivity index is 0.00000112. The molecule has 1 aliphatic heterocycles. The molecule has 1 aromatic rings. The van der Waals surface area contributed by atoms with Crippen LogP contribution in [0.3, 0.4) is 0 Å². The van der Waals surface area contributed by atoms with Crippen LogP contribution in [-0.2, 0) is 0 Å². The van der Waals surface area contributed by atoms with Crippen molar-refractivity contribution < 1.29 is 4.79 Å². The van der Waals surface area contributed by atoms with Gasteiger partial charge in [-0.2, -0.15) is 0 Å². The van der Waals surface area contributed by atoms with E-state index in [0.717, 1.165) is 13.1 Å². The van der Waals surface area contributed by atoms with Gasteiger partial charge in [0.25, 0.3) is 5.91 Å². The van der Waals surface area contributed by atoms with Crippen LogP contribution in [0.25, 0.3) is 0 Å². The lowest BCUT2D eigenvalue weighted by Crippen LogP contribution is -2.57. The van der Waals surface area contributed by atoms with Crippen LogP contribution in [0.1, 0.15) is 10.5 Å². The van der Waals surface area contributed by atoms with Crippen LogP contribution in [0, 0.1) is 0 Å². The number of nitrogens with zero attached hydrogens (tertiary/aromatic N) is 2. The van der Waals surface area contributed by atoms with E-state index < -0.39 is 0 Å². The molecule has 1 aliphatic rings. The topological polar surface area (TPSA) is 66.9 Å². The number of hydrogen-bond donors (Lipinski definition) is 2. The van der Waals surface area contributed by atoms with E-state index in [1.807, 2.05) is 0 Å². The monoisotopic (exact) mass is 248 g/mol. The second-order valence-corrected chi connectivity index (χ2v) is 3.44. The third-order valence-electron chi connectivity index (χ3n) is 1.95. The number of rotatable bonds is 2. The summed E-state index contributed by atoms with van der Waals surface area (Å²) in [5, 5.41) is 6.08. The largest absolute Gasteiger partial charge is 0.345 e. The Kier molecular flexibility index (Phi) is 4.26. The first-order valence-corrected chi connectivity index (χ1v) is 4.62. The molecule has 0 bridgehead atoms. The molecule has 82 valence electrons. The number of halogens is 2. The summed E-state index contributed by atoms with van der Waals surface area (Å²) in [6, 6.07) is 0.197. The van der Waals surface area contributed by atoms with Crippen molar-refractivity contribution in [1.29, 1.82) is 0 Å². The summed E-state index contributed by atoms with van der Waals surface area (Å²) in [6.45, 7) is 1.61. The number of nitrogens with one attached hydrogen (secondary N) is 2. The Labute approximate surface area is 98.0 Å². The van der Waals surface area contributed by atoms with Gasteiger partial charge in [-0.3, -0.25) is 9.78 Å². The van der Waals surface area contributed by atoms with Crippen molar-refractivity contribution >= 4 is 29.9 Å². The molecular weight excluding hydrogens is 239 g/mol. The molecule has 0 aliphatic carbocycles. The van der Waals surface area contributed by atoms with E-state index in [0.29, 0.717) is 0 Å². The molecule has 1 aromatic heterocycles. The van der Waals surface area contributed by atoms with Crippen molar-refractivity contribution in [1.82, 2.24) is 20.6 Å². The van der Waals surface area contributed by atoms with Gasteiger partial charge >= 0.3 is 0 Å². The number of amides is 1. The first-order valence-electron chi connectivity index (χ1n) is 4.25. The minimum absolute atomic E-state index is 0. The van der Waals surface area contributed by atoms with Gasteiger partial charge in [-0.25, -0.2) is 4.98 Å². The molecule has 2 rings (SSSR count). The fraction of sp³-hybridized carbons (Fsp3) is 0.375. The molecule has 1 amide bonds. The highest BCUT2D eigenvalue weighted by Crippen LogP contribution is 2.03. The average Bonchev–Trinajstić information content (AvgIpc) is 2.11. The standard InChI is InChI=1S/C8H9ClN4O.ClH/c9-7-4-11-3-6(13-7)8(14)12-5-1-10-2-5;/h3-5,10H,1-2H2,(H,12,14);1H. The number of aromatic nitrogens is 2. The molecular formula is C8H10Cl2N4O. The van der Waals surface area contributed by atoms with E-state index >= 15 is 0 Å². The molecule has 0 unspecified atom stereocenters. The Morgan fingerprint density at radius 2 is 2.27 bits per heavy atom. The van der Waals surface area contributed by atoms with Gasteiger partial charge < -0.3 is 10.6 Å². The molecule has 0 spiro atoms. The van der Waals surface area contributed by atoms with Crippen molar-refractivity contribution in [2.75, 3.05) is 13.1 Å². The summed E-state index contributed by atoms with van der Waals surface area (Å²) >= 11 is 5.61. The van der Waals surface area contributed by atoms with Crippen LogP contribution in [-0.4, -0.2) is 35.0 Å². The summed E-state index contributed by atoms with van der Waals surface area (Å²) in [7, 11) is 0. The van der Waals surface area contributed by atoms with E-state index in [2.05, 4.69) is 20.6 Å². The van der Waals surface area contributed by atoms with Gasteiger partial charge in [-0.15, -0.1) is 12.4 Å². The minimum atomic E-state index is -0.230. The average molecular weight is 249 g/mol. The fourth-order valence-electron chi connectivity index (χ4n) is 1.10. The predicted octanol–water partition coefficient (Wildman–Crippen LogP) is 0.253. The predicted molar refractivity (Wildman–Crippen MR) is 58.4 cm³/mol. The van der Waals surface area contributed by atoms with Gasteiger partial charge in [0.15, 0.2) is 0 Å². The summed E-state index contributed by atoms with van der Waals surface area (Å²) < 4.78 is 0. The van der Waals surface area contributed by atoms with Crippen LogP contribution in [0.2, 0.25) is 5.15 Å². The summed E-state index contributed by atoms with van der Waals surface area (Å²) in [5.41, 5.74) is 0.254. The smallest absolute Gasteiger partial charge is 0.271 e. The first kappa shape index (κ1) is 12.2. The highest BCUT2D eigenvalue weighted by Gasteiger charge is 2.20. The van der Waals surface area contributed by atoms with Gasteiger partial charge in [0.2, 0.25) is 0 Å². The molecule has 2 N–H and O–H groups in total. The van der Waals surface area contributed by atoms with E-state index in [-0.39, 0.29) is 35.2 Å². The first-order chi connectivity index (χ1) is 6.75. The van der Waals surface area contributed by atoms with Crippen LogP contribution >= 0.6 is 24.0 Å². The van der Waals surface area contributed by atoms with Gasteiger partial charge in [0.1, 0.15) is 10.8 Å². The maximum absolute atomic E-state index is 11.5. The van der Waals surface area contributed by atoms with Crippen molar-refractivity contribution in [3.8, 4) is 0 Å². The second kappa shape index (κ2) is 5.25. The molecule has 2 heterocycles. The van der Waals surface area contributed by atoms with Crippen molar-refractivity contribution in [2.45, 2.75) is 6.04 Å². The molecule has 0 atom stereocenters. The van der Waals surface area contributed by atoms with Gasteiger partial charge in [0.05, 0.1) is 18.4 Å². The fourth-order valence-corrected chi connectivity index (χ4v) is 1.25. The van der Waals surface area contributed by atoms with E-state index in [9.17, 15) is 4.79 Å². The third-order valence-corrected chi connectivity index (χ3v) is 2.14. The summed E-state index contributed by atoms with van der Waals surface area (Å²) in [4.78, 5) is 19.1. The Morgan fingerprint density at radius 1 is 1.53 bits per heavy atom. The highest BCUT2D eigenvalue weighted by atomic mass is 35.5. The Hall–Kier alpha value is -0.910. The maximum Gasteiger partial charge on any atom is 0.271 e. The molecule has 0 aromatic carbocycles. The molecule has 7 heteroatoms. The summed E-state index contributed by atoms with van der Waals surface area (Å²) in [6.07, 6.45) is 2.79. The zero-order valence-corrected chi connectivity index (χ0v) is 9.31. The quantitative estimate of drug-likeness (QED) is 0.788. The van der Waals surface area contributed by atoms with E-state index in [1.165, 1.54) is 12.4 Å². The van der Waals surface area contributed by atoms with E-state index in [1.54, 1.807) is 0 Å². The normalized spacial score (nSPS) is 15.0. The lowest BCUT2D eigenvalue weighted by atomic mass is 10.2. The Bertz CT molecular complexity index is 356. The van der Waals surface area contributed by atoms with E-state index in [4.69, 9.17) is 11.6 Å². The van der Waals surface area contributed by atoms with Gasteiger partial charge in [0, 0.05) is 13.1 Å². The number of carbonyl (C=O) groups is 1. The molecule has 1 fully saturated rings. The van der Waals surface area contributed by atoms with Crippen molar-refractivity contribution in [3.63, 3.8) is 0 Å². The molecule has 1 saturated heterocycles. The Morgan fingerprint density at radius 3 is 2.80 bits per heavy atom. The van der Waals surface area contributed by atoms with Crippen LogP contribution < -0.4 is 10.6 Å². The van der Waals surface area contributed by atoms with Crippen LogP contribution in [0.4, 0.5) is 0 Å². The van der Waals surface area contributed by atoms with Crippen molar-refractivity contribution in [3.05, 3.63) is 23.2 Å². The third kappa shape index (κ3) is 3.02. The molecule has 15 heavy (non-hydrogen) atoms.